The lowest BCUT2D eigenvalue weighted by atomic mass is 10.1. The van der Waals surface area contributed by atoms with Gasteiger partial charge in [-0.3, -0.25) is 9.69 Å². The molecule has 1 aliphatic heterocycles. The van der Waals surface area contributed by atoms with Gasteiger partial charge in [-0.2, -0.15) is 0 Å². The van der Waals surface area contributed by atoms with Crippen molar-refractivity contribution in [3.63, 3.8) is 0 Å². The molecule has 194 valence electrons. The first-order valence-electron chi connectivity index (χ1n) is 12.9. The minimum atomic E-state index is 0.129. The smallest absolute Gasteiger partial charge is 0.256 e. The van der Waals surface area contributed by atoms with Gasteiger partial charge in [-0.05, 0) is 76.3 Å². The number of aryl methyl sites for hydroxylation is 1. The van der Waals surface area contributed by atoms with Crippen LogP contribution in [0.15, 0.2) is 42.5 Å². The van der Waals surface area contributed by atoms with E-state index in [1.807, 2.05) is 29.2 Å². The summed E-state index contributed by atoms with van der Waals surface area (Å²) in [5.74, 6) is 1.81. The van der Waals surface area contributed by atoms with E-state index in [1.165, 1.54) is 5.56 Å². The second kappa shape index (κ2) is 11.8. The van der Waals surface area contributed by atoms with E-state index in [0.717, 1.165) is 92.3 Å². The molecule has 0 saturated carbocycles. The fourth-order valence-corrected chi connectivity index (χ4v) is 5.14. The third-order valence-electron chi connectivity index (χ3n) is 7.24. The zero-order valence-electron chi connectivity index (χ0n) is 22.4. The number of ether oxygens (including phenoxy) is 2. The van der Waals surface area contributed by atoms with Crippen molar-refractivity contribution in [2.75, 3.05) is 67.6 Å². The summed E-state index contributed by atoms with van der Waals surface area (Å²) in [4.78, 5) is 20.5. The van der Waals surface area contributed by atoms with Crippen molar-refractivity contribution in [1.82, 2.24) is 19.3 Å². The van der Waals surface area contributed by atoms with Gasteiger partial charge in [-0.15, -0.1) is 0 Å². The van der Waals surface area contributed by atoms with Crippen LogP contribution >= 0.6 is 0 Å². The SMILES string of the molecule is COc1cccc(CCN2CCN(C(=O)c3c(C)n(CCCN(C)C)c4ccc(OC)cc34)CC2)c1. The number of methoxy groups -OCH3 is 2. The van der Waals surface area contributed by atoms with Crippen molar-refractivity contribution in [2.45, 2.75) is 26.3 Å². The first-order chi connectivity index (χ1) is 17.4. The Hall–Kier alpha value is -3.03. The third kappa shape index (κ3) is 5.85. The van der Waals surface area contributed by atoms with Crippen LogP contribution < -0.4 is 9.47 Å². The molecule has 0 bridgehead atoms. The van der Waals surface area contributed by atoms with Crippen molar-refractivity contribution in [2.24, 2.45) is 0 Å². The molecule has 7 heteroatoms. The standard InChI is InChI=1S/C29H40N4O3/c1-22-28(26-21-25(36-5)10-11-27(26)33(22)14-7-13-30(2)3)29(34)32-18-16-31(17-19-32)15-12-23-8-6-9-24(20-23)35-4/h6,8-11,20-21H,7,12-19H2,1-5H3. The molecule has 0 N–H and O–H groups in total. The highest BCUT2D eigenvalue weighted by atomic mass is 16.5. The summed E-state index contributed by atoms with van der Waals surface area (Å²) in [6, 6.07) is 14.4. The van der Waals surface area contributed by atoms with Crippen LogP contribution in [0.4, 0.5) is 0 Å². The molecule has 0 spiro atoms. The van der Waals surface area contributed by atoms with Gasteiger partial charge in [-0.25, -0.2) is 0 Å². The lowest BCUT2D eigenvalue weighted by Gasteiger charge is -2.35. The second-order valence-corrected chi connectivity index (χ2v) is 9.89. The Morgan fingerprint density at radius 3 is 2.36 bits per heavy atom. The van der Waals surface area contributed by atoms with E-state index in [-0.39, 0.29) is 5.91 Å². The van der Waals surface area contributed by atoms with E-state index in [9.17, 15) is 4.79 Å². The minimum Gasteiger partial charge on any atom is -0.497 e. The molecule has 3 aromatic rings. The first kappa shape index (κ1) is 26.0. The normalized spacial score (nSPS) is 14.6. The van der Waals surface area contributed by atoms with Gasteiger partial charge < -0.3 is 23.8 Å². The number of hydrogen-bond donors (Lipinski definition) is 0. The number of carbonyl (C=O) groups is 1. The molecular formula is C29H40N4O3. The number of rotatable bonds is 10. The Labute approximate surface area is 215 Å². The quantitative estimate of drug-likeness (QED) is 0.429. The molecule has 1 fully saturated rings. The molecule has 36 heavy (non-hydrogen) atoms. The highest BCUT2D eigenvalue weighted by Gasteiger charge is 2.27. The van der Waals surface area contributed by atoms with Crippen LogP contribution in [0.1, 0.15) is 28.0 Å². The molecule has 0 atom stereocenters. The molecule has 1 aromatic heterocycles. The summed E-state index contributed by atoms with van der Waals surface area (Å²) in [5.41, 5.74) is 4.24. The predicted molar refractivity (Wildman–Crippen MR) is 145 cm³/mol. The Bertz CT molecular complexity index is 1180. The first-order valence-corrected chi connectivity index (χ1v) is 12.9. The van der Waals surface area contributed by atoms with Gasteiger partial charge in [0.25, 0.3) is 5.91 Å². The van der Waals surface area contributed by atoms with Crippen LogP contribution in [0.2, 0.25) is 0 Å². The van der Waals surface area contributed by atoms with Crippen LogP contribution in [0, 0.1) is 6.92 Å². The third-order valence-corrected chi connectivity index (χ3v) is 7.24. The molecule has 1 aliphatic rings. The number of piperazine rings is 1. The van der Waals surface area contributed by atoms with E-state index in [1.54, 1.807) is 14.2 Å². The lowest BCUT2D eigenvalue weighted by molar-refractivity contribution is 0.0639. The van der Waals surface area contributed by atoms with Gasteiger partial charge in [0.1, 0.15) is 11.5 Å². The molecule has 7 nitrogen and oxygen atoms in total. The van der Waals surface area contributed by atoms with E-state index in [2.05, 4.69) is 53.6 Å². The van der Waals surface area contributed by atoms with Crippen molar-refractivity contribution < 1.29 is 14.3 Å². The molecule has 2 aromatic carbocycles. The number of carbonyl (C=O) groups excluding carboxylic acids is 1. The number of benzene rings is 2. The highest BCUT2D eigenvalue weighted by Crippen LogP contribution is 2.31. The molecule has 0 unspecified atom stereocenters. The van der Waals surface area contributed by atoms with Gasteiger partial charge in [0, 0.05) is 55.9 Å². The molecule has 0 aliphatic carbocycles. The lowest BCUT2D eigenvalue weighted by Crippen LogP contribution is -2.49. The van der Waals surface area contributed by atoms with E-state index in [0.29, 0.717) is 0 Å². The molecule has 0 radical (unpaired) electrons. The number of aromatic nitrogens is 1. The van der Waals surface area contributed by atoms with E-state index >= 15 is 0 Å². The summed E-state index contributed by atoms with van der Waals surface area (Å²) in [7, 11) is 7.57. The van der Waals surface area contributed by atoms with Crippen LogP contribution in [0.3, 0.4) is 0 Å². The topological polar surface area (TPSA) is 50.2 Å². The maximum absolute atomic E-state index is 13.8. The van der Waals surface area contributed by atoms with Crippen molar-refractivity contribution in [3.05, 3.63) is 59.3 Å². The summed E-state index contributed by atoms with van der Waals surface area (Å²) < 4.78 is 13.2. The summed E-state index contributed by atoms with van der Waals surface area (Å²) in [5, 5.41) is 0.988. The average Bonchev–Trinajstić information content (AvgIpc) is 3.17. The van der Waals surface area contributed by atoms with Crippen LogP contribution in [0.5, 0.6) is 11.5 Å². The molecule has 1 amide bonds. The van der Waals surface area contributed by atoms with Gasteiger partial charge in [0.05, 0.1) is 19.8 Å². The van der Waals surface area contributed by atoms with E-state index in [4.69, 9.17) is 9.47 Å². The molecular weight excluding hydrogens is 452 g/mol. The van der Waals surface area contributed by atoms with Crippen molar-refractivity contribution >= 4 is 16.8 Å². The van der Waals surface area contributed by atoms with Gasteiger partial charge in [0.15, 0.2) is 0 Å². The van der Waals surface area contributed by atoms with Crippen molar-refractivity contribution in [1.29, 1.82) is 0 Å². The van der Waals surface area contributed by atoms with Gasteiger partial charge in [-0.1, -0.05) is 12.1 Å². The maximum Gasteiger partial charge on any atom is 0.256 e. The second-order valence-electron chi connectivity index (χ2n) is 9.89. The summed E-state index contributed by atoms with van der Waals surface area (Å²) >= 11 is 0. The fourth-order valence-electron chi connectivity index (χ4n) is 5.14. The van der Waals surface area contributed by atoms with E-state index < -0.39 is 0 Å². The maximum atomic E-state index is 13.8. The Balaban J connectivity index is 1.46. The monoisotopic (exact) mass is 492 g/mol. The summed E-state index contributed by atoms with van der Waals surface area (Å²) in [6.07, 6.45) is 2.01. The zero-order chi connectivity index (χ0) is 25.7. The molecule has 4 rings (SSSR count). The Morgan fingerprint density at radius 2 is 1.67 bits per heavy atom. The zero-order valence-corrected chi connectivity index (χ0v) is 22.4. The molecule has 1 saturated heterocycles. The van der Waals surface area contributed by atoms with Gasteiger partial charge >= 0.3 is 0 Å². The summed E-state index contributed by atoms with van der Waals surface area (Å²) in [6.45, 7) is 8.23. The number of fused-ring (bicyclic) bond motifs is 1. The Kier molecular flexibility index (Phi) is 8.54. The van der Waals surface area contributed by atoms with Crippen LogP contribution in [-0.2, 0) is 13.0 Å². The predicted octanol–water partition coefficient (Wildman–Crippen LogP) is 3.92. The number of amides is 1. The number of nitrogens with zero attached hydrogens (tertiary/aromatic N) is 4. The largest absolute Gasteiger partial charge is 0.497 e. The number of hydrogen-bond acceptors (Lipinski definition) is 5. The average molecular weight is 493 g/mol. The van der Waals surface area contributed by atoms with Gasteiger partial charge in [0.2, 0.25) is 0 Å². The Morgan fingerprint density at radius 1 is 0.944 bits per heavy atom. The van der Waals surface area contributed by atoms with Crippen LogP contribution in [0.25, 0.3) is 10.9 Å². The molecule has 2 heterocycles. The highest BCUT2D eigenvalue weighted by molar-refractivity contribution is 6.08. The minimum absolute atomic E-state index is 0.129. The fraction of sp³-hybridized carbons (Fsp3) is 0.483. The van der Waals surface area contributed by atoms with Crippen LogP contribution in [-0.4, -0.2) is 92.8 Å². The van der Waals surface area contributed by atoms with Crippen molar-refractivity contribution in [3.8, 4) is 11.5 Å².